The van der Waals surface area contributed by atoms with Crippen LogP contribution in [-0.4, -0.2) is 36.6 Å². The van der Waals surface area contributed by atoms with Crippen molar-refractivity contribution in [1.29, 1.82) is 0 Å². The van der Waals surface area contributed by atoms with Crippen LogP contribution in [0.5, 0.6) is 0 Å². The Bertz CT molecular complexity index is 922. The molecule has 2 aromatic rings. The maximum absolute atomic E-state index is 14.4. The molecule has 0 saturated heterocycles. The minimum atomic E-state index is -1.58. The Morgan fingerprint density at radius 3 is 2.89 bits per heavy atom. The number of ether oxygens (including phenoxy) is 1. The number of amidine groups is 1. The van der Waals surface area contributed by atoms with Crippen LogP contribution >= 0.6 is 11.6 Å². The third-order valence-electron chi connectivity index (χ3n) is 4.16. The van der Waals surface area contributed by atoms with E-state index in [0.29, 0.717) is 10.6 Å². The second-order valence-electron chi connectivity index (χ2n) is 6.23. The van der Waals surface area contributed by atoms with Gasteiger partial charge in [-0.3, -0.25) is 9.79 Å². The van der Waals surface area contributed by atoms with Crippen LogP contribution in [0.25, 0.3) is 0 Å². The zero-order valence-electron chi connectivity index (χ0n) is 14.4. The molecule has 1 aliphatic rings. The summed E-state index contributed by atoms with van der Waals surface area (Å²) in [6.45, 7) is 0.594. The number of amides is 1. The van der Waals surface area contributed by atoms with Crippen LogP contribution in [0.3, 0.4) is 0 Å². The fraction of sp³-hybridized carbons (Fsp3) is 0.278. The molecule has 0 saturated carbocycles. The molecule has 6 nitrogen and oxygen atoms in total. The molecular weight excluding hydrogens is 378 g/mol. The minimum absolute atomic E-state index is 0.0498. The van der Waals surface area contributed by atoms with E-state index in [9.17, 15) is 13.6 Å². The summed E-state index contributed by atoms with van der Waals surface area (Å²) in [5, 5.41) is 3.03. The van der Waals surface area contributed by atoms with E-state index < -0.39 is 23.9 Å². The Balaban J connectivity index is 1.93. The average Bonchev–Trinajstić information content (AvgIpc) is 2.63. The molecule has 9 heteroatoms. The number of aryl methyl sites for hydroxylation is 1. The van der Waals surface area contributed by atoms with Crippen LogP contribution in [0.15, 0.2) is 35.5 Å². The fourth-order valence-corrected chi connectivity index (χ4v) is 3.08. The van der Waals surface area contributed by atoms with Crippen molar-refractivity contribution in [2.24, 2.45) is 10.7 Å². The van der Waals surface area contributed by atoms with Crippen molar-refractivity contribution in [3.8, 4) is 0 Å². The van der Waals surface area contributed by atoms with Gasteiger partial charge in [-0.1, -0.05) is 11.6 Å². The first kappa shape index (κ1) is 19.2. The standard InChI is InChI=1S/C18H17ClF2N4O2/c1-10-4-11(19)6-23-16(10)17(26)24-12-2-3-14(21)13(5-12)18(8-20)9-27-7-15(22)25-18/h2-6H,7-9H2,1H3,(H2,22,25)(H,24,26). The highest BCUT2D eigenvalue weighted by atomic mass is 35.5. The summed E-state index contributed by atoms with van der Waals surface area (Å²) in [5.41, 5.74) is 5.03. The van der Waals surface area contributed by atoms with E-state index in [1.807, 2.05) is 0 Å². The normalized spacial score (nSPS) is 19.5. The van der Waals surface area contributed by atoms with Gasteiger partial charge >= 0.3 is 0 Å². The number of nitrogens with two attached hydrogens (primary N) is 1. The lowest BCUT2D eigenvalue weighted by Gasteiger charge is -2.31. The van der Waals surface area contributed by atoms with Gasteiger partial charge in [0, 0.05) is 17.4 Å². The van der Waals surface area contributed by atoms with Crippen molar-refractivity contribution >= 4 is 29.0 Å². The molecule has 1 aliphatic heterocycles. The molecule has 1 aromatic carbocycles. The number of hydrogen-bond acceptors (Lipinski definition) is 5. The van der Waals surface area contributed by atoms with E-state index in [2.05, 4.69) is 15.3 Å². The van der Waals surface area contributed by atoms with Gasteiger partial charge in [0.2, 0.25) is 0 Å². The van der Waals surface area contributed by atoms with E-state index >= 15 is 0 Å². The van der Waals surface area contributed by atoms with Gasteiger partial charge in [0.25, 0.3) is 5.91 Å². The molecule has 1 aromatic heterocycles. The van der Waals surface area contributed by atoms with Crippen LogP contribution in [0.1, 0.15) is 21.6 Å². The molecule has 27 heavy (non-hydrogen) atoms. The number of anilines is 1. The van der Waals surface area contributed by atoms with Crippen molar-refractivity contribution in [2.75, 3.05) is 25.2 Å². The summed E-state index contributed by atoms with van der Waals surface area (Å²) in [7, 11) is 0. The summed E-state index contributed by atoms with van der Waals surface area (Å²) in [6, 6.07) is 5.42. The molecule has 0 spiro atoms. The second kappa shape index (κ2) is 7.58. The number of pyridine rings is 1. The average molecular weight is 395 g/mol. The van der Waals surface area contributed by atoms with E-state index in [0.717, 1.165) is 6.07 Å². The van der Waals surface area contributed by atoms with Crippen molar-refractivity contribution in [3.63, 3.8) is 0 Å². The predicted octanol–water partition coefficient (Wildman–Crippen LogP) is 2.99. The zero-order chi connectivity index (χ0) is 19.6. The largest absolute Gasteiger partial charge is 0.385 e. The Morgan fingerprint density at radius 1 is 1.44 bits per heavy atom. The first-order chi connectivity index (χ1) is 12.8. The van der Waals surface area contributed by atoms with E-state index in [4.69, 9.17) is 22.1 Å². The van der Waals surface area contributed by atoms with Crippen LogP contribution in [0.2, 0.25) is 5.02 Å². The number of carbonyl (C=O) groups is 1. The van der Waals surface area contributed by atoms with Gasteiger partial charge in [0.15, 0.2) is 0 Å². The molecule has 0 fully saturated rings. The smallest absolute Gasteiger partial charge is 0.274 e. The van der Waals surface area contributed by atoms with Crippen LogP contribution in [0, 0.1) is 12.7 Å². The maximum atomic E-state index is 14.4. The van der Waals surface area contributed by atoms with E-state index in [1.165, 1.54) is 18.3 Å². The lowest BCUT2D eigenvalue weighted by molar-refractivity contribution is 0.0809. The highest BCUT2D eigenvalue weighted by Gasteiger charge is 2.38. The van der Waals surface area contributed by atoms with Crippen LogP contribution in [-0.2, 0) is 10.3 Å². The van der Waals surface area contributed by atoms with E-state index in [-0.39, 0.29) is 36.0 Å². The van der Waals surface area contributed by atoms with Crippen molar-refractivity contribution in [1.82, 2.24) is 4.98 Å². The second-order valence-corrected chi connectivity index (χ2v) is 6.67. The van der Waals surface area contributed by atoms with Gasteiger partial charge in [-0.05, 0) is 36.8 Å². The lowest BCUT2D eigenvalue weighted by Crippen LogP contribution is -2.42. The topological polar surface area (TPSA) is 89.6 Å². The number of aliphatic imine (C=N–C) groups is 1. The SMILES string of the molecule is Cc1cc(Cl)cnc1C(=O)Nc1ccc(F)c(C2(CF)COCC(N)=N2)c1. The molecular formula is C18H17ClF2N4O2. The molecule has 1 unspecified atom stereocenters. The predicted molar refractivity (Wildman–Crippen MR) is 98.4 cm³/mol. The van der Waals surface area contributed by atoms with Gasteiger partial charge in [-0.25, -0.2) is 13.8 Å². The molecule has 0 bridgehead atoms. The number of alkyl halides is 1. The first-order valence-electron chi connectivity index (χ1n) is 8.06. The highest BCUT2D eigenvalue weighted by molar-refractivity contribution is 6.30. The van der Waals surface area contributed by atoms with Crippen LogP contribution < -0.4 is 11.1 Å². The number of nitrogens with one attached hydrogen (secondary N) is 1. The Kier molecular flexibility index (Phi) is 5.38. The quantitative estimate of drug-likeness (QED) is 0.834. The monoisotopic (exact) mass is 394 g/mol. The van der Waals surface area contributed by atoms with Gasteiger partial charge in [0.05, 0.1) is 11.6 Å². The minimum Gasteiger partial charge on any atom is -0.385 e. The van der Waals surface area contributed by atoms with Crippen molar-refractivity contribution in [2.45, 2.75) is 12.5 Å². The third kappa shape index (κ3) is 3.91. The number of nitrogens with zero attached hydrogens (tertiary/aromatic N) is 2. The van der Waals surface area contributed by atoms with Crippen molar-refractivity contribution < 1.29 is 18.3 Å². The summed E-state index contributed by atoms with van der Waals surface area (Å²) < 4.78 is 33.5. The molecule has 142 valence electrons. The lowest BCUT2D eigenvalue weighted by atomic mass is 9.91. The summed E-state index contributed by atoms with van der Waals surface area (Å²) >= 11 is 5.84. The maximum Gasteiger partial charge on any atom is 0.274 e. The first-order valence-corrected chi connectivity index (χ1v) is 8.44. The summed E-state index contributed by atoms with van der Waals surface area (Å²) in [6.07, 6.45) is 1.36. The Labute approximate surface area is 159 Å². The number of rotatable bonds is 4. The molecule has 0 radical (unpaired) electrons. The van der Waals surface area contributed by atoms with Gasteiger partial charge in [-0.15, -0.1) is 0 Å². The molecule has 1 amide bonds. The molecule has 1 atom stereocenters. The fourth-order valence-electron chi connectivity index (χ4n) is 2.87. The Hall–Kier alpha value is -2.58. The number of halogens is 3. The number of hydrogen-bond donors (Lipinski definition) is 2. The zero-order valence-corrected chi connectivity index (χ0v) is 15.2. The molecule has 2 heterocycles. The number of benzene rings is 1. The molecule has 3 N–H and O–H groups in total. The van der Waals surface area contributed by atoms with Crippen molar-refractivity contribution in [3.05, 3.63) is 58.1 Å². The van der Waals surface area contributed by atoms with E-state index in [1.54, 1.807) is 13.0 Å². The molecule has 0 aliphatic carbocycles. The van der Waals surface area contributed by atoms with Gasteiger partial charge in [0.1, 0.15) is 36.2 Å². The molecule has 3 rings (SSSR count). The third-order valence-corrected chi connectivity index (χ3v) is 4.36. The summed E-state index contributed by atoms with van der Waals surface area (Å²) in [5.74, 6) is -1.10. The van der Waals surface area contributed by atoms with Gasteiger partial charge < -0.3 is 15.8 Å². The highest BCUT2D eigenvalue weighted by Crippen LogP contribution is 2.33. The van der Waals surface area contributed by atoms with Gasteiger partial charge in [-0.2, -0.15) is 0 Å². The van der Waals surface area contributed by atoms with Crippen LogP contribution in [0.4, 0.5) is 14.5 Å². The Morgan fingerprint density at radius 2 is 2.22 bits per heavy atom. The number of carbonyl (C=O) groups excluding carboxylic acids is 1. The number of aromatic nitrogens is 1. The summed E-state index contributed by atoms with van der Waals surface area (Å²) in [4.78, 5) is 20.6.